The smallest absolute Gasteiger partial charge is 0.258 e. The van der Waals surface area contributed by atoms with E-state index in [1.807, 2.05) is 20.0 Å². The van der Waals surface area contributed by atoms with E-state index in [1.54, 1.807) is 30.3 Å². The Labute approximate surface area is 174 Å². The molecule has 2 aromatic rings. The number of halogens is 1. The summed E-state index contributed by atoms with van der Waals surface area (Å²) >= 11 is 0. The van der Waals surface area contributed by atoms with Crippen LogP contribution in [0.1, 0.15) is 22.8 Å². The minimum absolute atomic E-state index is 0.0734. The van der Waals surface area contributed by atoms with Crippen LogP contribution in [0.3, 0.4) is 0 Å². The fourth-order valence-electron chi connectivity index (χ4n) is 2.74. The van der Waals surface area contributed by atoms with Gasteiger partial charge in [-0.25, -0.2) is 9.82 Å². The Bertz CT molecular complexity index is 962. The van der Waals surface area contributed by atoms with Crippen LogP contribution in [0.25, 0.3) is 5.70 Å². The van der Waals surface area contributed by atoms with Crippen LogP contribution in [-0.2, 0) is 0 Å². The van der Waals surface area contributed by atoms with E-state index in [-0.39, 0.29) is 18.0 Å². The molecular weight excluding hydrogens is 389 g/mol. The van der Waals surface area contributed by atoms with Gasteiger partial charge in [0.15, 0.2) is 0 Å². The normalized spacial score (nSPS) is 11.0. The second-order valence-corrected chi connectivity index (χ2v) is 6.28. The number of nitrogens with zero attached hydrogens (tertiary/aromatic N) is 1. The Kier molecular flexibility index (Phi) is 7.76. The number of nitrogens with one attached hydrogen (secondary N) is 3. The van der Waals surface area contributed by atoms with E-state index in [0.29, 0.717) is 22.7 Å². The molecule has 0 atom stereocenters. The summed E-state index contributed by atoms with van der Waals surface area (Å²) in [6.45, 7) is 1.78. The monoisotopic (exact) mass is 415 g/mol. The summed E-state index contributed by atoms with van der Waals surface area (Å²) in [6.07, 6.45) is 1.86. The van der Waals surface area contributed by atoms with E-state index in [4.69, 9.17) is 20.6 Å². The fourth-order valence-corrected chi connectivity index (χ4v) is 2.74. The van der Waals surface area contributed by atoms with Gasteiger partial charge in [-0.3, -0.25) is 10.2 Å². The SMILES string of the molecule is C/C=C(/c1cc(NC(=O)c2ccc(OC)cc2F)ccc1OCC(=N)N)N(C)NC. The van der Waals surface area contributed by atoms with Crippen molar-refractivity contribution in [2.75, 3.05) is 33.1 Å². The first-order valence-electron chi connectivity index (χ1n) is 9.13. The molecule has 160 valence electrons. The number of carbonyl (C=O) groups excluding carboxylic acids is 1. The molecular formula is C21H26FN5O3. The van der Waals surface area contributed by atoms with Gasteiger partial charge in [0.1, 0.15) is 29.8 Å². The topological polar surface area (TPSA) is 113 Å². The highest BCUT2D eigenvalue weighted by molar-refractivity contribution is 6.04. The van der Waals surface area contributed by atoms with Gasteiger partial charge in [0, 0.05) is 31.4 Å². The van der Waals surface area contributed by atoms with Gasteiger partial charge in [-0.05, 0) is 37.3 Å². The molecule has 1 amide bonds. The van der Waals surface area contributed by atoms with E-state index in [2.05, 4.69) is 10.7 Å². The third-order valence-electron chi connectivity index (χ3n) is 4.29. The molecule has 0 saturated heterocycles. The number of hydrogen-bond donors (Lipinski definition) is 4. The van der Waals surface area contributed by atoms with Crippen molar-refractivity contribution in [3.8, 4) is 11.5 Å². The van der Waals surface area contributed by atoms with Crippen LogP contribution in [0.2, 0.25) is 0 Å². The summed E-state index contributed by atoms with van der Waals surface area (Å²) in [5.41, 5.74) is 10.2. The van der Waals surface area contributed by atoms with Crippen LogP contribution < -0.4 is 25.9 Å². The molecule has 0 aliphatic rings. The quantitative estimate of drug-likeness (QED) is 0.285. The van der Waals surface area contributed by atoms with Crippen LogP contribution >= 0.6 is 0 Å². The van der Waals surface area contributed by atoms with E-state index in [9.17, 15) is 9.18 Å². The molecule has 30 heavy (non-hydrogen) atoms. The summed E-state index contributed by atoms with van der Waals surface area (Å²) in [6, 6.07) is 9.02. The molecule has 0 saturated carbocycles. The number of hydrazine groups is 1. The molecule has 0 fully saturated rings. The maximum Gasteiger partial charge on any atom is 0.258 e. The van der Waals surface area contributed by atoms with Gasteiger partial charge in [0.25, 0.3) is 5.91 Å². The number of rotatable bonds is 9. The molecule has 0 bridgehead atoms. The van der Waals surface area contributed by atoms with Gasteiger partial charge in [0.05, 0.1) is 18.4 Å². The Balaban J connectivity index is 2.38. The highest BCUT2D eigenvalue weighted by Gasteiger charge is 2.17. The number of nitrogens with two attached hydrogens (primary N) is 1. The number of amidine groups is 1. The Morgan fingerprint density at radius 2 is 2.00 bits per heavy atom. The minimum atomic E-state index is -0.683. The summed E-state index contributed by atoms with van der Waals surface area (Å²) in [7, 11) is 5.01. The number of hydrogen-bond acceptors (Lipinski definition) is 6. The number of benzene rings is 2. The number of allylic oxidation sites excluding steroid dienone is 1. The van der Waals surface area contributed by atoms with Crippen molar-refractivity contribution in [2.45, 2.75) is 6.92 Å². The highest BCUT2D eigenvalue weighted by Crippen LogP contribution is 2.31. The molecule has 0 unspecified atom stereocenters. The lowest BCUT2D eigenvalue weighted by Crippen LogP contribution is -2.29. The van der Waals surface area contributed by atoms with Gasteiger partial charge in [-0.1, -0.05) is 6.08 Å². The first-order valence-corrected chi connectivity index (χ1v) is 9.13. The van der Waals surface area contributed by atoms with Gasteiger partial charge in [0.2, 0.25) is 0 Å². The number of methoxy groups -OCH3 is 1. The van der Waals surface area contributed by atoms with E-state index >= 15 is 0 Å². The van der Waals surface area contributed by atoms with Crippen LogP contribution in [0.5, 0.6) is 11.5 Å². The van der Waals surface area contributed by atoms with Crippen molar-refractivity contribution in [1.82, 2.24) is 10.4 Å². The molecule has 8 nitrogen and oxygen atoms in total. The summed E-state index contributed by atoms with van der Waals surface area (Å²) in [4.78, 5) is 12.6. The first-order chi connectivity index (χ1) is 14.3. The Hall–Kier alpha value is -3.59. The second-order valence-electron chi connectivity index (χ2n) is 6.28. The number of carbonyl (C=O) groups is 1. The highest BCUT2D eigenvalue weighted by atomic mass is 19.1. The van der Waals surface area contributed by atoms with Crippen LogP contribution in [0.15, 0.2) is 42.5 Å². The van der Waals surface area contributed by atoms with E-state index in [0.717, 1.165) is 11.8 Å². The molecule has 0 aliphatic heterocycles. The van der Waals surface area contributed by atoms with Crippen molar-refractivity contribution in [2.24, 2.45) is 5.73 Å². The van der Waals surface area contributed by atoms with Crippen LogP contribution in [-0.4, -0.2) is 44.6 Å². The average molecular weight is 415 g/mol. The molecule has 0 aromatic heterocycles. The lowest BCUT2D eigenvalue weighted by Gasteiger charge is -2.24. The predicted molar refractivity (Wildman–Crippen MR) is 115 cm³/mol. The van der Waals surface area contributed by atoms with Crippen molar-refractivity contribution in [3.63, 3.8) is 0 Å². The first kappa shape index (κ1) is 22.7. The summed E-state index contributed by atoms with van der Waals surface area (Å²) < 4.78 is 24.8. The van der Waals surface area contributed by atoms with Crippen LogP contribution in [0, 0.1) is 11.2 Å². The van der Waals surface area contributed by atoms with E-state index < -0.39 is 11.7 Å². The minimum Gasteiger partial charge on any atom is -0.497 e. The molecule has 0 radical (unpaired) electrons. The molecule has 2 rings (SSSR count). The number of anilines is 1. The van der Waals surface area contributed by atoms with Gasteiger partial charge < -0.3 is 25.5 Å². The zero-order valence-electron chi connectivity index (χ0n) is 17.4. The molecule has 0 aliphatic carbocycles. The Morgan fingerprint density at radius 1 is 1.27 bits per heavy atom. The molecule has 2 aromatic carbocycles. The zero-order chi connectivity index (χ0) is 22.3. The zero-order valence-corrected chi connectivity index (χ0v) is 17.4. The Morgan fingerprint density at radius 3 is 2.57 bits per heavy atom. The number of amides is 1. The lowest BCUT2D eigenvalue weighted by molar-refractivity contribution is 0.102. The average Bonchev–Trinajstić information content (AvgIpc) is 2.73. The largest absolute Gasteiger partial charge is 0.497 e. The van der Waals surface area contributed by atoms with Gasteiger partial charge in [-0.2, -0.15) is 0 Å². The maximum atomic E-state index is 14.2. The molecule has 0 heterocycles. The molecule has 5 N–H and O–H groups in total. The van der Waals surface area contributed by atoms with Crippen LogP contribution in [0.4, 0.5) is 10.1 Å². The van der Waals surface area contributed by atoms with Crippen molar-refractivity contribution in [1.29, 1.82) is 5.41 Å². The standard InChI is InChI=1S/C21H26FN5O3/c1-5-18(27(3)25-2)16-10-13(6-9-19(16)30-12-20(23)24)26-21(28)15-8-7-14(29-4)11-17(15)22/h5-11,25H,12H2,1-4H3,(H3,23,24)(H,26,28)/b18-5-. The van der Waals surface area contributed by atoms with E-state index in [1.165, 1.54) is 19.2 Å². The fraction of sp³-hybridized carbons (Fsp3) is 0.238. The molecule has 0 spiro atoms. The van der Waals surface area contributed by atoms with Crippen molar-refractivity contribution < 1.29 is 18.7 Å². The van der Waals surface area contributed by atoms with Crippen molar-refractivity contribution >= 4 is 23.1 Å². The number of ether oxygens (including phenoxy) is 2. The van der Waals surface area contributed by atoms with Gasteiger partial charge in [-0.15, -0.1) is 0 Å². The predicted octanol–water partition coefficient (Wildman–Crippen LogP) is 2.83. The van der Waals surface area contributed by atoms with Crippen molar-refractivity contribution in [3.05, 3.63) is 59.4 Å². The molecule has 9 heteroatoms. The third-order valence-corrected chi connectivity index (χ3v) is 4.29. The van der Waals surface area contributed by atoms with Gasteiger partial charge >= 0.3 is 0 Å². The summed E-state index contributed by atoms with van der Waals surface area (Å²) in [5.74, 6) is -0.586. The summed E-state index contributed by atoms with van der Waals surface area (Å²) in [5, 5.41) is 11.8. The lowest BCUT2D eigenvalue weighted by atomic mass is 10.1. The third kappa shape index (κ3) is 5.48. The second kappa shape index (κ2) is 10.3. The maximum absolute atomic E-state index is 14.2.